The second-order valence-electron chi connectivity index (χ2n) is 7.12. The maximum atomic E-state index is 13.2. The summed E-state index contributed by atoms with van der Waals surface area (Å²) in [4.78, 5) is 15.6. The summed E-state index contributed by atoms with van der Waals surface area (Å²) in [5.74, 6) is 0.669. The number of likely N-dealkylation sites (tertiary alicyclic amines) is 1. The predicted octanol–water partition coefficient (Wildman–Crippen LogP) is 3.64. The lowest BCUT2D eigenvalue weighted by molar-refractivity contribution is 0.320. The van der Waals surface area contributed by atoms with Gasteiger partial charge in [-0.2, -0.15) is 5.26 Å². The molecule has 0 spiro atoms. The summed E-state index contributed by atoms with van der Waals surface area (Å²) in [5.41, 5.74) is 2.01. The predicted molar refractivity (Wildman–Crippen MR) is 111 cm³/mol. The van der Waals surface area contributed by atoms with Crippen LogP contribution >= 0.6 is 0 Å². The molecule has 0 bridgehead atoms. The molecule has 5 nitrogen and oxygen atoms in total. The van der Waals surface area contributed by atoms with E-state index in [-0.39, 0.29) is 5.56 Å². The van der Waals surface area contributed by atoms with Crippen LogP contribution in [-0.2, 0) is 6.54 Å². The lowest BCUT2D eigenvalue weighted by atomic mass is 9.97. The molecule has 1 saturated heterocycles. The van der Waals surface area contributed by atoms with Gasteiger partial charge in [0.2, 0.25) is 0 Å². The highest BCUT2D eigenvalue weighted by atomic mass is 16.5. The molecule has 1 fully saturated rings. The van der Waals surface area contributed by atoms with Crippen molar-refractivity contribution < 1.29 is 4.74 Å². The molecule has 0 amide bonds. The number of rotatable bonds is 5. The van der Waals surface area contributed by atoms with Crippen molar-refractivity contribution >= 4 is 10.8 Å². The van der Waals surface area contributed by atoms with Crippen molar-refractivity contribution in [3.05, 3.63) is 64.6 Å². The minimum Gasteiger partial charge on any atom is -0.497 e. The number of hydrogen-bond donors (Lipinski definition) is 0. The van der Waals surface area contributed by atoms with E-state index < -0.39 is 0 Å². The molecule has 1 aliphatic heterocycles. The number of aromatic nitrogens is 1. The Morgan fingerprint density at radius 3 is 2.46 bits per heavy atom. The van der Waals surface area contributed by atoms with E-state index in [0.717, 1.165) is 36.1 Å². The van der Waals surface area contributed by atoms with Crippen molar-refractivity contribution in [2.45, 2.75) is 19.4 Å². The molecule has 2 heterocycles. The lowest BCUT2D eigenvalue weighted by Crippen LogP contribution is -2.31. The van der Waals surface area contributed by atoms with Crippen molar-refractivity contribution in [2.75, 3.05) is 26.7 Å². The largest absolute Gasteiger partial charge is 0.497 e. The molecular weight excluding hydrogens is 350 g/mol. The third kappa shape index (κ3) is 3.28. The van der Waals surface area contributed by atoms with Gasteiger partial charge in [0.25, 0.3) is 5.56 Å². The summed E-state index contributed by atoms with van der Waals surface area (Å²) in [6, 6.07) is 17.6. The van der Waals surface area contributed by atoms with E-state index in [0.29, 0.717) is 23.4 Å². The van der Waals surface area contributed by atoms with Gasteiger partial charge in [0, 0.05) is 29.4 Å². The Morgan fingerprint density at radius 2 is 1.79 bits per heavy atom. The third-order valence-corrected chi connectivity index (χ3v) is 5.49. The average Bonchev–Trinajstić information content (AvgIpc) is 3.26. The van der Waals surface area contributed by atoms with Crippen LogP contribution in [0.3, 0.4) is 0 Å². The minimum atomic E-state index is -0.118. The van der Waals surface area contributed by atoms with Crippen LogP contribution in [0.4, 0.5) is 0 Å². The van der Waals surface area contributed by atoms with Crippen LogP contribution in [0.1, 0.15) is 18.5 Å². The standard InChI is InChI=1S/C23H23N3O2/c1-28-18-9-10-19-20(15-18)22(17-7-3-2-4-8-17)21(16-24)26(23(19)27)14-13-25-11-5-6-12-25/h2-4,7-10,15H,5-6,11-14H2,1H3. The van der Waals surface area contributed by atoms with E-state index in [1.165, 1.54) is 12.8 Å². The number of methoxy groups -OCH3 is 1. The van der Waals surface area contributed by atoms with Crippen LogP contribution in [0.5, 0.6) is 5.75 Å². The second kappa shape index (κ2) is 7.87. The van der Waals surface area contributed by atoms with E-state index in [1.807, 2.05) is 36.4 Å². The first-order chi connectivity index (χ1) is 13.7. The monoisotopic (exact) mass is 373 g/mol. The maximum absolute atomic E-state index is 13.2. The summed E-state index contributed by atoms with van der Waals surface area (Å²) in [5, 5.41) is 11.4. The van der Waals surface area contributed by atoms with Gasteiger partial charge in [0.15, 0.2) is 0 Å². The summed E-state index contributed by atoms with van der Waals surface area (Å²) in [6.45, 7) is 3.42. The Bertz CT molecular complexity index is 1090. The van der Waals surface area contributed by atoms with E-state index in [2.05, 4.69) is 11.0 Å². The molecule has 3 aromatic rings. The normalized spacial score (nSPS) is 14.3. The Labute approximate surface area is 164 Å². The first kappa shape index (κ1) is 18.3. The Kier molecular flexibility index (Phi) is 5.14. The highest BCUT2D eigenvalue weighted by Gasteiger charge is 2.20. The van der Waals surface area contributed by atoms with E-state index in [9.17, 15) is 10.1 Å². The average molecular weight is 373 g/mol. The zero-order valence-corrected chi connectivity index (χ0v) is 16.0. The van der Waals surface area contributed by atoms with Crippen LogP contribution in [0, 0.1) is 11.3 Å². The summed E-state index contributed by atoms with van der Waals surface area (Å²) in [7, 11) is 1.60. The van der Waals surface area contributed by atoms with Gasteiger partial charge in [-0.1, -0.05) is 30.3 Å². The maximum Gasteiger partial charge on any atom is 0.259 e. The summed E-state index contributed by atoms with van der Waals surface area (Å²) < 4.78 is 7.02. The zero-order valence-electron chi connectivity index (χ0n) is 16.0. The number of pyridine rings is 1. The van der Waals surface area contributed by atoms with Gasteiger partial charge in [-0.05, 0) is 49.7 Å². The minimum absolute atomic E-state index is 0.118. The number of hydrogen-bond acceptors (Lipinski definition) is 4. The van der Waals surface area contributed by atoms with Gasteiger partial charge in [-0.3, -0.25) is 9.36 Å². The van der Waals surface area contributed by atoms with Crippen molar-refractivity contribution in [3.63, 3.8) is 0 Å². The number of benzene rings is 2. The molecule has 1 aromatic heterocycles. The molecule has 28 heavy (non-hydrogen) atoms. The highest BCUT2D eigenvalue weighted by Crippen LogP contribution is 2.32. The Balaban J connectivity index is 1.95. The first-order valence-electron chi connectivity index (χ1n) is 9.65. The molecule has 0 radical (unpaired) electrons. The fourth-order valence-corrected chi connectivity index (χ4v) is 4.03. The molecule has 1 aliphatic rings. The van der Waals surface area contributed by atoms with Crippen molar-refractivity contribution in [1.29, 1.82) is 5.26 Å². The summed E-state index contributed by atoms with van der Waals surface area (Å²) >= 11 is 0. The second-order valence-corrected chi connectivity index (χ2v) is 7.12. The van der Waals surface area contributed by atoms with Crippen molar-refractivity contribution in [3.8, 4) is 22.9 Å². The zero-order chi connectivity index (χ0) is 19.5. The van der Waals surface area contributed by atoms with Gasteiger partial charge < -0.3 is 9.64 Å². The molecule has 0 unspecified atom stereocenters. The molecule has 0 N–H and O–H groups in total. The molecule has 0 aliphatic carbocycles. The fraction of sp³-hybridized carbons (Fsp3) is 0.304. The number of fused-ring (bicyclic) bond motifs is 1. The van der Waals surface area contributed by atoms with Crippen LogP contribution in [0.15, 0.2) is 53.3 Å². The molecule has 4 rings (SSSR count). The molecule has 142 valence electrons. The van der Waals surface area contributed by atoms with Gasteiger partial charge in [0.1, 0.15) is 17.5 Å². The Hall–Kier alpha value is -3.10. The van der Waals surface area contributed by atoms with E-state index in [1.54, 1.807) is 23.8 Å². The van der Waals surface area contributed by atoms with E-state index in [4.69, 9.17) is 4.74 Å². The van der Waals surface area contributed by atoms with Crippen LogP contribution in [0.25, 0.3) is 21.9 Å². The molecule has 5 heteroatoms. The van der Waals surface area contributed by atoms with Gasteiger partial charge in [-0.25, -0.2) is 0 Å². The van der Waals surface area contributed by atoms with E-state index >= 15 is 0 Å². The number of nitrogens with zero attached hydrogens (tertiary/aromatic N) is 3. The fourth-order valence-electron chi connectivity index (χ4n) is 4.03. The van der Waals surface area contributed by atoms with Crippen LogP contribution < -0.4 is 10.3 Å². The molecule has 0 saturated carbocycles. The molecular formula is C23H23N3O2. The smallest absolute Gasteiger partial charge is 0.259 e. The van der Waals surface area contributed by atoms with Crippen molar-refractivity contribution in [1.82, 2.24) is 9.47 Å². The van der Waals surface area contributed by atoms with Gasteiger partial charge in [0.05, 0.1) is 7.11 Å². The quantitative estimate of drug-likeness (QED) is 0.685. The topological polar surface area (TPSA) is 58.3 Å². The third-order valence-electron chi connectivity index (χ3n) is 5.49. The van der Waals surface area contributed by atoms with Gasteiger partial charge in [-0.15, -0.1) is 0 Å². The first-order valence-corrected chi connectivity index (χ1v) is 9.65. The number of ether oxygens (including phenoxy) is 1. The summed E-state index contributed by atoms with van der Waals surface area (Å²) in [6.07, 6.45) is 2.40. The van der Waals surface area contributed by atoms with Gasteiger partial charge >= 0.3 is 0 Å². The SMILES string of the molecule is COc1ccc2c(=O)n(CCN3CCCC3)c(C#N)c(-c3ccccc3)c2c1. The number of nitriles is 1. The highest BCUT2D eigenvalue weighted by molar-refractivity contribution is 5.99. The molecule has 2 aromatic carbocycles. The molecule has 0 atom stereocenters. The van der Waals surface area contributed by atoms with Crippen molar-refractivity contribution in [2.24, 2.45) is 0 Å². The lowest BCUT2D eigenvalue weighted by Gasteiger charge is -2.19. The van der Waals surface area contributed by atoms with Crippen LogP contribution in [-0.4, -0.2) is 36.2 Å². The Morgan fingerprint density at radius 1 is 1.04 bits per heavy atom. The van der Waals surface area contributed by atoms with Crippen LogP contribution in [0.2, 0.25) is 0 Å².